The van der Waals surface area contributed by atoms with Gasteiger partial charge in [0.1, 0.15) is 11.9 Å². The lowest BCUT2D eigenvalue weighted by atomic mass is 9.96. The van der Waals surface area contributed by atoms with Gasteiger partial charge in [-0.2, -0.15) is 5.26 Å². The van der Waals surface area contributed by atoms with Gasteiger partial charge in [-0.05, 0) is 43.5 Å². The Bertz CT molecular complexity index is 789. The van der Waals surface area contributed by atoms with Gasteiger partial charge in [0.2, 0.25) is 0 Å². The van der Waals surface area contributed by atoms with Gasteiger partial charge in [-0.15, -0.1) is 0 Å². The van der Waals surface area contributed by atoms with E-state index in [1.54, 1.807) is 12.1 Å². The van der Waals surface area contributed by atoms with Crippen LogP contribution in [0.4, 0.5) is 4.39 Å². The summed E-state index contributed by atoms with van der Waals surface area (Å²) in [5.74, 6) is -0.498. The number of nitrogens with one attached hydrogen (secondary N) is 1. The molecule has 0 fully saturated rings. The third kappa shape index (κ3) is 6.22. The molecule has 0 aliphatic heterocycles. The molecule has 0 saturated carbocycles. The van der Waals surface area contributed by atoms with Crippen LogP contribution in [0.2, 0.25) is 0 Å². The zero-order chi connectivity index (χ0) is 19.5. The fraction of sp³-hybridized carbons (Fsp3) is 0.261. The van der Waals surface area contributed by atoms with E-state index in [-0.39, 0.29) is 11.5 Å². The van der Waals surface area contributed by atoms with Crippen LogP contribution in [-0.2, 0) is 0 Å². The smallest absolute Gasteiger partial charge is 0.140 e. The Morgan fingerprint density at radius 3 is 2.65 bits per heavy atom. The van der Waals surface area contributed by atoms with Crippen molar-refractivity contribution < 1.29 is 4.39 Å². The molecule has 0 amide bonds. The first kappa shape index (κ1) is 21.2. The Balaban J connectivity index is 3.35. The van der Waals surface area contributed by atoms with Crippen molar-refractivity contribution in [1.29, 1.82) is 5.26 Å². The van der Waals surface area contributed by atoms with Crippen molar-refractivity contribution in [2.24, 2.45) is 0 Å². The minimum absolute atomic E-state index is 0.00545. The number of benzene rings is 1. The van der Waals surface area contributed by atoms with Crippen molar-refractivity contribution in [2.45, 2.75) is 40.0 Å². The highest BCUT2D eigenvalue weighted by atomic mass is 19.1. The molecular weight excluding hydrogens is 323 g/mol. The van der Waals surface area contributed by atoms with Crippen molar-refractivity contribution in [3.05, 3.63) is 95.1 Å². The molecule has 0 radical (unpaired) electrons. The number of hydrogen-bond acceptors (Lipinski definition) is 2. The van der Waals surface area contributed by atoms with Gasteiger partial charge in [-0.3, -0.25) is 0 Å². The van der Waals surface area contributed by atoms with Crippen LogP contribution < -0.4 is 5.32 Å². The Labute approximate surface area is 156 Å². The van der Waals surface area contributed by atoms with E-state index in [0.717, 1.165) is 29.0 Å². The minimum Gasteiger partial charge on any atom is -0.359 e. The van der Waals surface area contributed by atoms with Crippen LogP contribution in [0.15, 0.2) is 78.2 Å². The second kappa shape index (κ2) is 10.9. The maximum atomic E-state index is 13.6. The summed E-state index contributed by atoms with van der Waals surface area (Å²) >= 11 is 0. The number of nitrogens with zero attached hydrogens (tertiary/aromatic N) is 1. The van der Waals surface area contributed by atoms with Gasteiger partial charge < -0.3 is 5.32 Å². The molecule has 0 aliphatic carbocycles. The molecule has 26 heavy (non-hydrogen) atoms. The standard InChI is InChI=1S/C23H27FN2/c1-6-9-11-19(10-7-2)23(26-18(5)8-3)14-17(4)20-12-13-22(24)21(15-20)16-25/h6-7,9-15,17,26H,5,8H2,1-4H3/b9-6-,10-7-,19-11+,23-14-. The topological polar surface area (TPSA) is 35.8 Å². The molecule has 136 valence electrons. The van der Waals surface area contributed by atoms with Gasteiger partial charge in [0.05, 0.1) is 5.56 Å². The summed E-state index contributed by atoms with van der Waals surface area (Å²) in [6, 6.07) is 6.57. The average Bonchev–Trinajstić information content (AvgIpc) is 2.64. The van der Waals surface area contributed by atoms with Gasteiger partial charge in [-0.25, -0.2) is 4.39 Å². The largest absolute Gasteiger partial charge is 0.359 e. The Morgan fingerprint density at radius 2 is 2.08 bits per heavy atom. The van der Waals surface area contributed by atoms with Crippen LogP contribution in [0.25, 0.3) is 0 Å². The highest BCUT2D eigenvalue weighted by Gasteiger charge is 2.10. The lowest BCUT2D eigenvalue weighted by Crippen LogP contribution is -2.14. The van der Waals surface area contributed by atoms with Crippen LogP contribution in [0.5, 0.6) is 0 Å². The van der Waals surface area contributed by atoms with Crippen molar-refractivity contribution in [3.8, 4) is 6.07 Å². The van der Waals surface area contributed by atoms with Crippen LogP contribution in [0.3, 0.4) is 0 Å². The maximum absolute atomic E-state index is 13.6. The highest BCUT2D eigenvalue weighted by Crippen LogP contribution is 2.23. The van der Waals surface area contributed by atoms with Gasteiger partial charge in [-0.1, -0.05) is 62.9 Å². The van der Waals surface area contributed by atoms with E-state index in [0.29, 0.717) is 0 Å². The molecule has 1 atom stereocenters. The maximum Gasteiger partial charge on any atom is 0.140 e. The lowest BCUT2D eigenvalue weighted by Gasteiger charge is -2.17. The van der Waals surface area contributed by atoms with E-state index in [4.69, 9.17) is 5.26 Å². The van der Waals surface area contributed by atoms with Crippen molar-refractivity contribution >= 4 is 0 Å². The molecule has 2 nitrogen and oxygen atoms in total. The summed E-state index contributed by atoms with van der Waals surface area (Å²) in [5, 5.41) is 12.4. The zero-order valence-corrected chi connectivity index (χ0v) is 16.0. The molecule has 1 rings (SSSR count). The van der Waals surface area contributed by atoms with Crippen LogP contribution in [-0.4, -0.2) is 0 Å². The van der Waals surface area contributed by atoms with E-state index in [1.807, 2.05) is 64.1 Å². The molecule has 0 aromatic heterocycles. The molecule has 0 aliphatic rings. The molecule has 1 aromatic rings. The number of nitriles is 1. The molecule has 0 bridgehead atoms. The first-order valence-electron chi connectivity index (χ1n) is 8.78. The van der Waals surface area contributed by atoms with Crippen molar-refractivity contribution in [2.75, 3.05) is 0 Å². The molecule has 1 unspecified atom stereocenters. The molecule has 1 aromatic carbocycles. The lowest BCUT2D eigenvalue weighted by molar-refractivity contribution is 0.622. The normalized spacial score (nSPS) is 13.8. The second-order valence-electron chi connectivity index (χ2n) is 5.95. The predicted molar refractivity (Wildman–Crippen MR) is 108 cm³/mol. The average molecular weight is 350 g/mol. The minimum atomic E-state index is -0.493. The predicted octanol–water partition coefficient (Wildman–Crippen LogP) is 6.28. The quantitative estimate of drug-likeness (QED) is 0.560. The van der Waals surface area contributed by atoms with E-state index in [2.05, 4.69) is 18.0 Å². The molecular formula is C23H27FN2. The van der Waals surface area contributed by atoms with Gasteiger partial charge in [0.15, 0.2) is 0 Å². The number of hydrogen-bond donors (Lipinski definition) is 1. The van der Waals surface area contributed by atoms with E-state index in [9.17, 15) is 4.39 Å². The van der Waals surface area contributed by atoms with Crippen LogP contribution in [0.1, 0.15) is 51.2 Å². The number of allylic oxidation sites excluding steroid dienone is 7. The fourth-order valence-corrected chi connectivity index (χ4v) is 2.36. The third-order valence-electron chi connectivity index (χ3n) is 3.92. The van der Waals surface area contributed by atoms with Crippen LogP contribution >= 0.6 is 0 Å². The van der Waals surface area contributed by atoms with Gasteiger partial charge in [0, 0.05) is 17.3 Å². The molecule has 0 heterocycles. The zero-order valence-electron chi connectivity index (χ0n) is 16.0. The first-order chi connectivity index (χ1) is 12.5. The summed E-state index contributed by atoms with van der Waals surface area (Å²) in [6.07, 6.45) is 12.9. The summed E-state index contributed by atoms with van der Waals surface area (Å²) in [7, 11) is 0. The molecule has 0 saturated heterocycles. The number of rotatable bonds is 8. The monoisotopic (exact) mass is 350 g/mol. The number of halogens is 1. The fourth-order valence-electron chi connectivity index (χ4n) is 2.36. The Morgan fingerprint density at radius 1 is 1.35 bits per heavy atom. The van der Waals surface area contributed by atoms with Gasteiger partial charge >= 0.3 is 0 Å². The highest BCUT2D eigenvalue weighted by molar-refractivity contribution is 5.45. The van der Waals surface area contributed by atoms with E-state index >= 15 is 0 Å². The van der Waals surface area contributed by atoms with Gasteiger partial charge in [0.25, 0.3) is 0 Å². The molecule has 0 spiro atoms. The first-order valence-corrected chi connectivity index (χ1v) is 8.78. The van der Waals surface area contributed by atoms with Crippen molar-refractivity contribution in [1.82, 2.24) is 5.32 Å². The summed E-state index contributed by atoms with van der Waals surface area (Å²) in [6.45, 7) is 12.0. The van der Waals surface area contributed by atoms with Crippen molar-refractivity contribution in [3.63, 3.8) is 0 Å². The second-order valence-corrected chi connectivity index (χ2v) is 5.95. The summed E-state index contributed by atoms with van der Waals surface area (Å²) in [5.41, 5.74) is 3.82. The SMILES string of the molecule is C=C(CC)NC(=C\C(C)c1ccc(F)c(C#N)c1)/C(/C=C\C)=C/C=C\C. The Hall–Kier alpha value is -2.86. The summed E-state index contributed by atoms with van der Waals surface area (Å²) < 4.78 is 13.6. The van der Waals surface area contributed by atoms with Crippen LogP contribution in [0, 0.1) is 17.1 Å². The molecule has 1 N–H and O–H groups in total. The Kier molecular flexibility index (Phi) is 8.87. The third-order valence-corrected chi connectivity index (χ3v) is 3.92. The summed E-state index contributed by atoms with van der Waals surface area (Å²) in [4.78, 5) is 0. The van der Waals surface area contributed by atoms with E-state index < -0.39 is 5.82 Å². The van der Waals surface area contributed by atoms with E-state index in [1.165, 1.54) is 6.07 Å². The molecule has 3 heteroatoms.